The maximum atomic E-state index is 12.6. The predicted molar refractivity (Wildman–Crippen MR) is 125 cm³/mol. The van der Waals surface area contributed by atoms with Crippen molar-refractivity contribution in [3.8, 4) is 11.6 Å². The molecule has 1 aliphatic heterocycles. The third-order valence-corrected chi connectivity index (χ3v) is 7.75. The Hall–Kier alpha value is -2.45. The van der Waals surface area contributed by atoms with Crippen LogP contribution in [0.4, 0.5) is 0 Å². The van der Waals surface area contributed by atoms with Gasteiger partial charge in [-0.1, -0.05) is 31.5 Å². The van der Waals surface area contributed by atoms with Gasteiger partial charge in [-0.2, -0.15) is 0 Å². The zero-order valence-corrected chi connectivity index (χ0v) is 20.0. The molecule has 1 fully saturated rings. The Morgan fingerprint density at radius 2 is 1.94 bits per heavy atom. The molecule has 32 heavy (non-hydrogen) atoms. The second kappa shape index (κ2) is 10.9. The molecule has 0 spiro atoms. The summed E-state index contributed by atoms with van der Waals surface area (Å²) < 4.78 is 32.0. The van der Waals surface area contributed by atoms with Crippen LogP contribution in [0.3, 0.4) is 0 Å². The van der Waals surface area contributed by atoms with Crippen LogP contribution in [0.25, 0.3) is 0 Å². The van der Waals surface area contributed by atoms with Gasteiger partial charge in [0.1, 0.15) is 5.75 Å². The lowest BCUT2D eigenvalue weighted by atomic mass is 9.97. The fourth-order valence-electron chi connectivity index (χ4n) is 3.69. The molecule has 2 aromatic rings. The largest absolute Gasteiger partial charge is 0.439 e. The summed E-state index contributed by atoms with van der Waals surface area (Å²) in [6, 6.07) is 9.71. The zero-order chi connectivity index (χ0) is 23.1. The highest BCUT2D eigenvalue weighted by molar-refractivity contribution is 7.89. The molecule has 1 N–H and O–H groups in total. The maximum absolute atomic E-state index is 12.6. The van der Waals surface area contributed by atoms with Crippen LogP contribution in [0, 0.1) is 19.8 Å². The Kier molecular flexibility index (Phi) is 8.26. The first-order valence-electron chi connectivity index (χ1n) is 11.2. The fraction of sp³-hybridized carbons (Fsp3) is 0.500. The van der Waals surface area contributed by atoms with Crippen molar-refractivity contribution in [1.82, 2.24) is 14.6 Å². The van der Waals surface area contributed by atoms with Crippen LogP contribution in [-0.2, 0) is 21.4 Å². The van der Waals surface area contributed by atoms with Gasteiger partial charge in [0.2, 0.25) is 21.8 Å². The highest BCUT2D eigenvalue weighted by Gasteiger charge is 2.30. The predicted octanol–water partition coefficient (Wildman–Crippen LogP) is 3.95. The summed E-state index contributed by atoms with van der Waals surface area (Å²) in [6.07, 6.45) is 4.33. The van der Waals surface area contributed by atoms with Crippen molar-refractivity contribution in [2.75, 3.05) is 18.8 Å². The van der Waals surface area contributed by atoms with Crippen molar-refractivity contribution in [3.63, 3.8) is 0 Å². The Balaban J connectivity index is 1.47. The Morgan fingerprint density at radius 3 is 2.59 bits per heavy atom. The highest BCUT2D eigenvalue weighted by Crippen LogP contribution is 2.25. The van der Waals surface area contributed by atoms with E-state index in [0.717, 1.165) is 28.9 Å². The summed E-state index contributed by atoms with van der Waals surface area (Å²) in [5.41, 5.74) is 3.04. The lowest BCUT2D eigenvalue weighted by molar-refractivity contribution is -0.126. The standard InChI is InChI=1S/C24H33N3O4S/c1-4-5-14-32(29,30)27-12-10-21(11-13-27)24(28)26-17-20-8-9-23(25-16-20)31-22-15-18(2)6-7-19(22)3/h6-9,15-16,21H,4-5,10-14,17H2,1-3H3,(H,26,28). The minimum atomic E-state index is -3.20. The Bertz CT molecular complexity index is 1010. The van der Waals surface area contributed by atoms with E-state index >= 15 is 0 Å². The summed E-state index contributed by atoms with van der Waals surface area (Å²) in [4.78, 5) is 16.9. The molecule has 1 aromatic carbocycles. The van der Waals surface area contributed by atoms with Gasteiger partial charge in [0.05, 0.1) is 5.75 Å². The number of pyridine rings is 1. The number of sulfonamides is 1. The quantitative estimate of drug-likeness (QED) is 0.613. The minimum absolute atomic E-state index is 0.0358. The number of hydrogen-bond donors (Lipinski definition) is 1. The van der Waals surface area contributed by atoms with Crippen molar-refractivity contribution in [2.24, 2.45) is 5.92 Å². The number of rotatable bonds is 9. The van der Waals surface area contributed by atoms with E-state index < -0.39 is 10.0 Å². The second-order valence-corrected chi connectivity index (χ2v) is 10.5. The smallest absolute Gasteiger partial charge is 0.223 e. The van der Waals surface area contributed by atoms with Crippen molar-refractivity contribution in [3.05, 3.63) is 53.2 Å². The molecule has 174 valence electrons. The third kappa shape index (κ3) is 6.53. The molecule has 0 atom stereocenters. The van der Waals surface area contributed by atoms with Crippen LogP contribution >= 0.6 is 0 Å². The molecule has 0 radical (unpaired) electrons. The SMILES string of the molecule is CCCCS(=O)(=O)N1CCC(C(=O)NCc2ccc(Oc3cc(C)ccc3C)nc2)CC1. The average Bonchev–Trinajstić information content (AvgIpc) is 2.79. The number of hydrogen-bond acceptors (Lipinski definition) is 5. The number of nitrogens with one attached hydrogen (secondary N) is 1. The molecule has 7 nitrogen and oxygen atoms in total. The van der Waals surface area contributed by atoms with Crippen LogP contribution in [0.15, 0.2) is 36.5 Å². The van der Waals surface area contributed by atoms with E-state index in [1.165, 1.54) is 4.31 Å². The first-order valence-corrected chi connectivity index (χ1v) is 12.8. The fourth-order valence-corrected chi connectivity index (χ4v) is 5.37. The van der Waals surface area contributed by atoms with Gasteiger partial charge in [-0.05, 0) is 55.9 Å². The molecule has 3 rings (SSSR count). The van der Waals surface area contributed by atoms with Gasteiger partial charge in [0.15, 0.2) is 0 Å². The maximum Gasteiger partial charge on any atom is 0.223 e. The van der Waals surface area contributed by atoms with E-state index in [4.69, 9.17) is 4.74 Å². The molecule has 0 unspecified atom stereocenters. The summed E-state index contributed by atoms with van der Waals surface area (Å²) in [5, 5.41) is 2.95. The van der Waals surface area contributed by atoms with Gasteiger partial charge < -0.3 is 10.1 Å². The molecular weight excluding hydrogens is 426 g/mol. The van der Waals surface area contributed by atoms with Gasteiger partial charge in [-0.3, -0.25) is 4.79 Å². The third-order valence-electron chi connectivity index (χ3n) is 5.80. The summed E-state index contributed by atoms with van der Waals surface area (Å²) in [7, 11) is -3.20. The van der Waals surface area contributed by atoms with E-state index in [0.29, 0.717) is 44.8 Å². The van der Waals surface area contributed by atoms with Crippen molar-refractivity contribution in [1.29, 1.82) is 0 Å². The zero-order valence-electron chi connectivity index (χ0n) is 19.1. The monoisotopic (exact) mass is 459 g/mol. The number of carbonyl (C=O) groups is 1. The highest BCUT2D eigenvalue weighted by atomic mass is 32.2. The van der Waals surface area contributed by atoms with Gasteiger partial charge in [-0.25, -0.2) is 17.7 Å². The van der Waals surface area contributed by atoms with Crippen molar-refractivity contribution in [2.45, 2.75) is 53.0 Å². The van der Waals surface area contributed by atoms with Gasteiger partial charge in [0, 0.05) is 37.8 Å². The molecule has 0 aliphatic carbocycles. The van der Waals surface area contributed by atoms with Crippen molar-refractivity contribution < 1.29 is 17.9 Å². The number of amides is 1. The van der Waals surface area contributed by atoms with E-state index in [-0.39, 0.29) is 17.6 Å². The lowest BCUT2D eigenvalue weighted by Crippen LogP contribution is -2.43. The molecule has 8 heteroatoms. The molecule has 0 saturated carbocycles. The molecule has 0 bridgehead atoms. The summed E-state index contributed by atoms with van der Waals surface area (Å²) in [5.74, 6) is 1.28. The molecule has 1 saturated heterocycles. The number of aryl methyl sites for hydroxylation is 2. The summed E-state index contributed by atoms with van der Waals surface area (Å²) in [6.45, 7) is 7.19. The number of carbonyl (C=O) groups excluding carboxylic acids is 1. The number of aromatic nitrogens is 1. The minimum Gasteiger partial charge on any atom is -0.439 e. The number of nitrogens with zero attached hydrogens (tertiary/aromatic N) is 2. The number of piperidine rings is 1. The molecule has 2 heterocycles. The topological polar surface area (TPSA) is 88.6 Å². The van der Waals surface area contributed by atoms with Gasteiger partial charge in [-0.15, -0.1) is 0 Å². The van der Waals surface area contributed by atoms with E-state index in [9.17, 15) is 13.2 Å². The molecule has 1 aliphatic rings. The molecule has 1 aromatic heterocycles. The normalized spacial score (nSPS) is 15.5. The Morgan fingerprint density at radius 1 is 1.19 bits per heavy atom. The van der Waals surface area contributed by atoms with Crippen molar-refractivity contribution >= 4 is 15.9 Å². The van der Waals surface area contributed by atoms with Gasteiger partial charge >= 0.3 is 0 Å². The lowest BCUT2D eigenvalue weighted by Gasteiger charge is -2.30. The number of benzene rings is 1. The molecule has 1 amide bonds. The van der Waals surface area contributed by atoms with Crippen LogP contribution in [0.1, 0.15) is 49.3 Å². The van der Waals surface area contributed by atoms with Gasteiger partial charge in [0.25, 0.3) is 0 Å². The van der Waals surface area contributed by atoms with E-state index in [1.807, 2.05) is 45.0 Å². The second-order valence-electron chi connectivity index (χ2n) is 8.44. The summed E-state index contributed by atoms with van der Waals surface area (Å²) >= 11 is 0. The van der Waals surface area contributed by atoms with Crippen LogP contribution < -0.4 is 10.1 Å². The number of ether oxygens (including phenoxy) is 1. The van der Waals surface area contributed by atoms with E-state index in [1.54, 1.807) is 12.3 Å². The number of unbranched alkanes of at least 4 members (excludes halogenated alkanes) is 1. The Labute approximate surface area is 191 Å². The first-order chi connectivity index (χ1) is 15.3. The van der Waals surface area contributed by atoms with Crippen LogP contribution in [0.5, 0.6) is 11.6 Å². The van der Waals surface area contributed by atoms with Crippen LogP contribution in [-0.4, -0.2) is 42.5 Å². The molecular formula is C24H33N3O4S. The van der Waals surface area contributed by atoms with E-state index in [2.05, 4.69) is 10.3 Å². The average molecular weight is 460 g/mol. The van der Waals surface area contributed by atoms with Crippen LogP contribution in [0.2, 0.25) is 0 Å². The first kappa shape index (κ1) is 24.2.